The Labute approximate surface area is 96.5 Å². The molecule has 1 aromatic rings. The average molecular weight is 317 g/mol. The van der Waals surface area contributed by atoms with Crippen molar-refractivity contribution in [3.63, 3.8) is 0 Å². The lowest BCUT2D eigenvalue weighted by Gasteiger charge is -2.09. The smallest absolute Gasteiger partial charge is 0.219 e. The van der Waals surface area contributed by atoms with Crippen LogP contribution in [0.4, 0.5) is 0 Å². The van der Waals surface area contributed by atoms with Crippen molar-refractivity contribution in [2.45, 2.75) is 0 Å². The number of carbonyl (C=O) groups excluding carboxylic acids is 2. The Hall–Kier alpha value is -0.810. The van der Waals surface area contributed by atoms with Gasteiger partial charge < -0.3 is 0 Å². The maximum absolute atomic E-state index is 11.6. The Morgan fingerprint density at radius 1 is 1.14 bits per heavy atom. The topological polar surface area (TPSA) is 47.0 Å². The molecule has 0 unspecified atom stereocenters. The van der Waals surface area contributed by atoms with Gasteiger partial charge in [0.25, 0.3) is 0 Å². The molecule has 5 heteroatoms. The van der Waals surface area contributed by atoms with E-state index in [1.165, 1.54) is 6.08 Å². The third-order valence-corrected chi connectivity index (χ3v) is 2.85. The minimum atomic E-state index is -0.263. The fourth-order valence-corrected chi connectivity index (χ4v) is 1.88. The van der Waals surface area contributed by atoms with Gasteiger partial charge in [0.05, 0.1) is 10.0 Å². The largest absolute Gasteiger partial charge is 0.289 e. The van der Waals surface area contributed by atoms with Gasteiger partial charge in [0.1, 0.15) is 10.3 Å². The highest BCUT2D eigenvalue weighted by molar-refractivity contribution is 9.12. The number of Topliss-reactive ketones (excluding diaryl/α,β-unsaturated/α-hetero) is 1. The Kier molecular flexibility index (Phi) is 2.36. The molecule has 0 amide bonds. The number of carbonyl (C=O) groups is 2. The highest BCUT2D eigenvalue weighted by atomic mass is 79.9. The summed E-state index contributed by atoms with van der Waals surface area (Å²) >= 11 is 6.17. The van der Waals surface area contributed by atoms with E-state index in [2.05, 4.69) is 36.8 Å². The SMILES string of the molecule is O=C1C=C(Br)C(=O)c2nc(Br)ccc21. The first kappa shape index (κ1) is 9.73. The van der Waals surface area contributed by atoms with Crippen molar-refractivity contribution in [2.24, 2.45) is 0 Å². The summed E-state index contributed by atoms with van der Waals surface area (Å²) in [6.07, 6.45) is 1.26. The van der Waals surface area contributed by atoms with E-state index in [0.29, 0.717) is 10.2 Å². The van der Waals surface area contributed by atoms with Gasteiger partial charge >= 0.3 is 0 Å². The van der Waals surface area contributed by atoms with Gasteiger partial charge in [0.2, 0.25) is 5.78 Å². The van der Waals surface area contributed by atoms with Crippen molar-refractivity contribution in [1.82, 2.24) is 4.98 Å². The van der Waals surface area contributed by atoms with Gasteiger partial charge in [-0.15, -0.1) is 0 Å². The molecule has 70 valence electrons. The van der Waals surface area contributed by atoms with E-state index in [9.17, 15) is 9.59 Å². The summed E-state index contributed by atoms with van der Waals surface area (Å²) in [5.74, 6) is -0.465. The predicted octanol–water partition coefficient (Wildman–Crippen LogP) is 2.50. The average Bonchev–Trinajstić information content (AvgIpc) is 2.14. The van der Waals surface area contributed by atoms with E-state index in [4.69, 9.17) is 0 Å². The van der Waals surface area contributed by atoms with Crippen molar-refractivity contribution >= 4 is 43.4 Å². The molecule has 0 saturated heterocycles. The molecule has 0 bridgehead atoms. The summed E-state index contributed by atoms with van der Waals surface area (Å²) in [5.41, 5.74) is 0.542. The normalized spacial score (nSPS) is 15.1. The molecule has 14 heavy (non-hydrogen) atoms. The monoisotopic (exact) mass is 315 g/mol. The minimum Gasteiger partial charge on any atom is -0.289 e. The highest BCUT2D eigenvalue weighted by Gasteiger charge is 2.25. The number of aromatic nitrogens is 1. The molecule has 0 fully saturated rings. The van der Waals surface area contributed by atoms with Crippen LogP contribution in [0, 0.1) is 0 Å². The summed E-state index contributed by atoms with van der Waals surface area (Å²) < 4.78 is 0.792. The van der Waals surface area contributed by atoms with Crippen LogP contribution in [0.2, 0.25) is 0 Å². The van der Waals surface area contributed by atoms with Crippen LogP contribution in [-0.2, 0) is 0 Å². The summed E-state index contributed by atoms with van der Waals surface area (Å²) in [7, 11) is 0. The van der Waals surface area contributed by atoms with Crippen molar-refractivity contribution in [3.8, 4) is 0 Å². The first-order valence-corrected chi connectivity index (χ1v) is 5.31. The molecule has 1 heterocycles. The molecule has 0 radical (unpaired) electrons. The van der Waals surface area contributed by atoms with E-state index in [1.54, 1.807) is 12.1 Å². The van der Waals surface area contributed by atoms with E-state index in [1.807, 2.05) is 0 Å². The zero-order chi connectivity index (χ0) is 10.3. The van der Waals surface area contributed by atoms with Gasteiger partial charge in [0, 0.05) is 6.08 Å². The Balaban J connectivity index is 2.69. The molecule has 0 aromatic carbocycles. The fraction of sp³-hybridized carbons (Fsp3) is 0. The lowest BCUT2D eigenvalue weighted by Crippen LogP contribution is -2.16. The van der Waals surface area contributed by atoms with Crippen molar-refractivity contribution in [1.29, 1.82) is 0 Å². The maximum atomic E-state index is 11.6. The maximum Gasteiger partial charge on any atom is 0.219 e. The van der Waals surface area contributed by atoms with Crippen LogP contribution in [0.25, 0.3) is 0 Å². The highest BCUT2D eigenvalue weighted by Crippen LogP contribution is 2.24. The minimum absolute atomic E-state index is 0.193. The lowest BCUT2D eigenvalue weighted by atomic mass is 10.0. The zero-order valence-electron chi connectivity index (χ0n) is 6.75. The number of hydrogen-bond donors (Lipinski definition) is 0. The fourth-order valence-electron chi connectivity index (χ4n) is 1.18. The Bertz CT molecular complexity index is 480. The number of nitrogens with zero attached hydrogens (tertiary/aromatic N) is 1. The molecule has 0 saturated carbocycles. The number of pyridine rings is 1. The summed E-state index contributed by atoms with van der Waals surface area (Å²) in [5, 5.41) is 0. The molecule has 0 N–H and O–H groups in total. The number of fused-ring (bicyclic) bond motifs is 1. The van der Waals surface area contributed by atoms with Crippen LogP contribution >= 0.6 is 31.9 Å². The number of rotatable bonds is 0. The standard InChI is InChI=1S/C9H3Br2NO2/c10-5-3-6(13)4-1-2-7(11)12-8(4)9(5)14/h1-3H. The number of halogens is 2. The number of hydrogen-bond acceptors (Lipinski definition) is 3. The third kappa shape index (κ3) is 1.46. The second-order valence-corrected chi connectivity index (χ2v) is 4.38. The van der Waals surface area contributed by atoms with E-state index < -0.39 is 0 Å². The quantitative estimate of drug-likeness (QED) is 0.691. The molecular weight excluding hydrogens is 314 g/mol. The van der Waals surface area contributed by atoms with Gasteiger partial charge in [-0.3, -0.25) is 9.59 Å². The van der Waals surface area contributed by atoms with Gasteiger partial charge in [-0.25, -0.2) is 4.98 Å². The summed E-state index contributed by atoms with van der Waals surface area (Å²) in [4.78, 5) is 27.0. The third-order valence-electron chi connectivity index (χ3n) is 1.82. The van der Waals surface area contributed by atoms with Crippen LogP contribution < -0.4 is 0 Å². The molecule has 1 aliphatic carbocycles. The second kappa shape index (κ2) is 3.40. The predicted molar refractivity (Wildman–Crippen MR) is 57.6 cm³/mol. The van der Waals surface area contributed by atoms with Crippen LogP contribution in [0.3, 0.4) is 0 Å². The molecule has 1 aromatic heterocycles. The first-order chi connectivity index (χ1) is 6.59. The van der Waals surface area contributed by atoms with Crippen LogP contribution in [0.15, 0.2) is 27.3 Å². The zero-order valence-corrected chi connectivity index (χ0v) is 9.92. The van der Waals surface area contributed by atoms with E-state index in [-0.39, 0.29) is 21.7 Å². The van der Waals surface area contributed by atoms with Crippen molar-refractivity contribution in [3.05, 3.63) is 38.6 Å². The van der Waals surface area contributed by atoms with Gasteiger partial charge in [-0.1, -0.05) is 0 Å². The number of allylic oxidation sites excluding steroid dienone is 2. The van der Waals surface area contributed by atoms with Gasteiger partial charge in [0.15, 0.2) is 5.78 Å². The molecule has 0 atom stereocenters. The molecule has 3 nitrogen and oxygen atoms in total. The Morgan fingerprint density at radius 2 is 1.86 bits per heavy atom. The van der Waals surface area contributed by atoms with Gasteiger partial charge in [-0.05, 0) is 44.0 Å². The van der Waals surface area contributed by atoms with E-state index >= 15 is 0 Å². The first-order valence-electron chi connectivity index (χ1n) is 3.72. The second-order valence-electron chi connectivity index (χ2n) is 2.72. The molecule has 1 aliphatic rings. The Morgan fingerprint density at radius 3 is 2.57 bits per heavy atom. The van der Waals surface area contributed by atoms with E-state index in [0.717, 1.165) is 0 Å². The van der Waals surface area contributed by atoms with Crippen LogP contribution in [-0.4, -0.2) is 16.6 Å². The summed E-state index contributed by atoms with van der Waals surface area (Å²) in [6, 6.07) is 3.22. The molecular formula is C9H3Br2NO2. The molecule has 2 rings (SSSR count). The lowest BCUT2D eigenvalue weighted by molar-refractivity contribution is 0.0988. The van der Waals surface area contributed by atoms with Crippen molar-refractivity contribution in [2.75, 3.05) is 0 Å². The number of ketones is 2. The van der Waals surface area contributed by atoms with Crippen molar-refractivity contribution < 1.29 is 9.59 Å². The van der Waals surface area contributed by atoms with Gasteiger partial charge in [-0.2, -0.15) is 0 Å². The molecule has 0 spiro atoms. The van der Waals surface area contributed by atoms with Crippen LogP contribution in [0.1, 0.15) is 20.8 Å². The summed E-state index contributed by atoms with van der Waals surface area (Å²) in [6.45, 7) is 0. The molecule has 0 aliphatic heterocycles. The van der Waals surface area contributed by atoms with Crippen LogP contribution in [0.5, 0.6) is 0 Å².